The van der Waals surface area contributed by atoms with Gasteiger partial charge in [-0.15, -0.1) is 0 Å². The second-order valence-electron chi connectivity index (χ2n) is 6.11. The Balaban J connectivity index is 1.47. The summed E-state index contributed by atoms with van der Waals surface area (Å²) < 4.78 is 5.73. The maximum absolute atomic E-state index is 12.3. The maximum atomic E-state index is 12.3. The van der Waals surface area contributed by atoms with Gasteiger partial charge in [0.25, 0.3) is 0 Å². The van der Waals surface area contributed by atoms with E-state index in [1.54, 1.807) is 17.3 Å². The van der Waals surface area contributed by atoms with Crippen LogP contribution in [0.25, 0.3) is 0 Å². The molecule has 3 rings (SSSR count). The monoisotopic (exact) mass is 332 g/mol. The summed E-state index contributed by atoms with van der Waals surface area (Å²) in [6.45, 7) is 2.82. The molecular weight excluding hydrogens is 312 g/mol. The third kappa shape index (κ3) is 3.69. The van der Waals surface area contributed by atoms with Crippen molar-refractivity contribution in [3.8, 4) is 6.01 Å². The summed E-state index contributed by atoms with van der Waals surface area (Å²) in [4.78, 5) is 46.4. The van der Waals surface area contributed by atoms with Gasteiger partial charge in [0.2, 0.25) is 17.7 Å². The van der Waals surface area contributed by atoms with Gasteiger partial charge in [-0.2, -0.15) is 0 Å². The van der Waals surface area contributed by atoms with Gasteiger partial charge in [-0.05, 0) is 12.5 Å². The van der Waals surface area contributed by atoms with E-state index in [9.17, 15) is 14.4 Å². The number of carbonyl (C=O) groups is 3. The Hall–Kier alpha value is -2.51. The summed E-state index contributed by atoms with van der Waals surface area (Å²) in [5.41, 5.74) is 0.966. The van der Waals surface area contributed by atoms with Crippen LogP contribution >= 0.6 is 0 Å². The molecule has 2 saturated heterocycles. The van der Waals surface area contributed by atoms with Crippen LogP contribution in [0, 0.1) is 6.92 Å². The Kier molecular flexibility index (Phi) is 4.73. The number of aryl methyl sites for hydroxylation is 1. The van der Waals surface area contributed by atoms with E-state index in [-0.39, 0.29) is 43.2 Å². The zero-order valence-corrected chi connectivity index (χ0v) is 13.6. The number of aromatic nitrogens is 2. The first-order valence-corrected chi connectivity index (χ1v) is 8.09. The number of ether oxygens (including phenoxy) is 1. The molecule has 24 heavy (non-hydrogen) atoms. The van der Waals surface area contributed by atoms with Crippen molar-refractivity contribution in [2.75, 3.05) is 19.6 Å². The molecule has 3 amide bonds. The molecule has 1 aromatic rings. The van der Waals surface area contributed by atoms with Gasteiger partial charge in [0.05, 0.1) is 0 Å². The van der Waals surface area contributed by atoms with Crippen LogP contribution in [0.2, 0.25) is 0 Å². The average molecular weight is 332 g/mol. The van der Waals surface area contributed by atoms with Crippen molar-refractivity contribution in [2.24, 2.45) is 0 Å². The average Bonchev–Trinajstić information content (AvgIpc) is 2.89. The number of hydrogen-bond donors (Lipinski definition) is 0. The summed E-state index contributed by atoms with van der Waals surface area (Å²) in [6.07, 6.45) is 5.12. The molecule has 2 aliphatic rings. The minimum absolute atomic E-state index is 0.0354. The highest BCUT2D eigenvalue weighted by Gasteiger charge is 2.33. The van der Waals surface area contributed by atoms with E-state index in [1.165, 1.54) is 0 Å². The zero-order valence-electron chi connectivity index (χ0n) is 13.6. The first-order valence-electron chi connectivity index (χ1n) is 8.09. The number of hydrogen-bond acceptors (Lipinski definition) is 6. The molecule has 2 fully saturated rings. The topological polar surface area (TPSA) is 92.7 Å². The fraction of sp³-hybridized carbons (Fsp3) is 0.562. The molecule has 1 aromatic heterocycles. The van der Waals surface area contributed by atoms with Gasteiger partial charge in [-0.3, -0.25) is 19.3 Å². The first kappa shape index (κ1) is 16.4. The molecule has 8 nitrogen and oxygen atoms in total. The zero-order chi connectivity index (χ0) is 17.1. The van der Waals surface area contributed by atoms with Crippen LogP contribution < -0.4 is 4.74 Å². The fourth-order valence-electron chi connectivity index (χ4n) is 2.85. The van der Waals surface area contributed by atoms with Gasteiger partial charge in [0, 0.05) is 51.2 Å². The quantitative estimate of drug-likeness (QED) is 0.737. The lowest BCUT2D eigenvalue weighted by atomic mass is 10.1. The van der Waals surface area contributed by atoms with E-state index in [0.717, 1.165) is 10.5 Å². The molecule has 0 atom stereocenters. The largest absolute Gasteiger partial charge is 0.460 e. The fourth-order valence-corrected chi connectivity index (χ4v) is 2.85. The molecule has 0 N–H and O–H groups in total. The molecule has 0 radical (unpaired) electrons. The van der Waals surface area contributed by atoms with E-state index >= 15 is 0 Å². The molecule has 0 saturated carbocycles. The summed E-state index contributed by atoms with van der Waals surface area (Å²) >= 11 is 0. The van der Waals surface area contributed by atoms with Crippen molar-refractivity contribution < 1.29 is 19.1 Å². The second kappa shape index (κ2) is 6.94. The highest BCUT2D eigenvalue weighted by atomic mass is 16.5. The lowest BCUT2D eigenvalue weighted by Gasteiger charge is -2.32. The van der Waals surface area contributed by atoms with Gasteiger partial charge >= 0.3 is 6.01 Å². The van der Waals surface area contributed by atoms with Crippen LogP contribution in [-0.2, 0) is 14.4 Å². The minimum atomic E-state index is -0.261. The van der Waals surface area contributed by atoms with E-state index in [0.29, 0.717) is 31.9 Å². The summed E-state index contributed by atoms with van der Waals surface area (Å²) in [5.74, 6) is -0.713. The Labute approximate surface area is 139 Å². The summed E-state index contributed by atoms with van der Waals surface area (Å²) in [5, 5.41) is 0. The van der Waals surface area contributed by atoms with Gasteiger partial charge < -0.3 is 9.64 Å². The Bertz CT molecular complexity index is 622. The molecule has 128 valence electrons. The van der Waals surface area contributed by atoms with Crippen LogP contribution in [0.15, 0.2) is 12.4 Å². The molecule has 0 unspecified atom stereocenters. The molecule has 3 heterocycles. The van der Waals surface area contributed by atoms with Crippen molar-refractivity contribution in [3.63, 3.8) is 0 Å². The van der Waals surface area contributed by atoms with E-state index in [2.05, 4.69) is 9.97 Å². The standard InChI is InChI=1S/C16H20N4O4/c1-11-8-17-16(18-9-11)24-12-4-6-19(7-5-12)15(23)10-20-13(21)2-3-14(20)22/h8-9,12H,2-7,10H2,1H3. The molecule has 0 bridgehead atoms. The maximum Gasteiger partial charge on any atom is 0.316 e. The third-order valence-electron chi connectivity index (χ3n) is 4.27. The number of nitrogens with zero attached hydrogens (tertiary/aromatic N) is 4. The van der Waals surface area contributed by atoms with Crippen LogP contribution in [0.3, 0.4) is 0 Å². The van der Waals surface area contributed by atoms with Gasteiger partial charge in [-0.25, -0.2) is 9.97 Å². The van der Waals surface area contributed by atoms with E-state index in [1.807, 2.05) is 6.92 Å². The summed E-state index contributed by atoms with van der Waals surface area (Å²) in [7, 11) is 0. The first-order chi connectivity index (χ1) is 11.5. The normalized spacial score (nSPS) is 19.0. The number of likely N-dealkylation sites (tertiary alicyclic amines) is 2. The molecule has 2 aliphatic heterocycles. The molecule has 0 aromatic carbocycles. The number of amides is 3. The highest BCUT2D eigenvalue weighted by Crippen LogP contribution is 2.17. The van der Waals surface area contributed by atoms with Crippen LogP contribution in [0.1, 0.15) is 31.2 Å². The van der Waals surface area contributed by atoms with Crippen molar-refractivity contribution >= 4 is 17.7 Å². The number of carbonyl (C=O) groups excluding carboxylic acids is 3. The van der Waals surface area contributed by atoms with Crippen LogP contribution in [0.4, 0.5) is 0 Å². The van der Waals surface area contributed by atoms with Crippen molar-refractivity contribution in [1.82, 2.24) is 19.8 Å². The van der Waals surface area contributed by atoms with E-state index < -0.39 is 0 Å². The SMILES string of the molecule is Cc1cnc(OC2CCN(C(=O)CN3C(=O)CCC3=O)CC2)nc1. The number of imide groups is 1. The Morgan fingerprint density at radius 3 is 2.33 bits per heavy atom. The lowest BCUT2D eigenvalue weighted by molar-refractivity contribution is -0.146. The third-order valence-corrected chi connectivity index (χ3v) is 4.27. The Morgan fingerprint density at radius 1 is 1.17 bits per heavy atom. The molecule has 0 aliphatic carbocycles. The molecular formula is C16H20N4O4. The van der Waals surface area contributed by atoms with Gasteiger partial charge in [0.1, 0.15) is 12.6 Å². The number of rotatable bonds is 4. The molecule has 8 heteroatoms. The van der Waals surface area contributed by atoms with Crippen LogP contribution in [-0.4, -0.2) is 63.2 Å². The van der Waals surface area contributed by atoms with Gasteiger partial charge in [-0.1, -0.05) is 0 Å². The predicted octanol–water partition coefficient (Wildman–Crippen LogP) is 0.304. The van der Waals surface area contributed by atoms with Crippen molar-refractivity contribution in [2.45, 2.75) is 38.7 Å². The predicted molar refractivity (Wildman–Crippen MR) is 83.0 cm³/mol. The Morgan fingerprint density at radius 2 is 1.75 bits per heavy atom. The highest BCUT2D eigenvalue weighted by molar-refractivity contribution is 6.04. The second-order valence-corrected chi connectivity index (χ2v) is 6.11. The van der Waals surface area contributed by atoms with Crippen LogP contribution in [0.5, 0.6) is 6.01 Å². The number of piperidine rings is 1. The van der Waals surface area contributed by atoms with Crippen molar-refractivity contribution in [3.05, 3.63) is 18.0 Å². The molecule has 0 spiro atoms. The smallest absolute Gasteiger partial charge is 0.316 e. The summed E-state index contributed by atoms with van der Waals surface area (Å²) in [6, 6.07) is 0.346. The van der Waals surface area contributed by atoms with Crippen molar-refractivity contribution in [1.29, 1.82) is 0 Å². The van der Waals surface area contributed by atoms with Gasteiger partial charge in [0.15, 0.2) is 0 Å². The minimum Gasteiger partial charge on any atom is -0.460 e. The lowest BCUT2D eigenvalue weighted by Crippen LogP contribution is -2.47. The van der Waals surface area contributed by atoms with E-state index in [4.69, 9.17) is 4.74 Å².